The van der Waals surface area contributed by atoms with Gasteiger partial charge in [-0.15, -0.1) is 0 Å². The van der Waals surface area contributed by atoms with Crippen molar-refractivity contribution in [3.8, 4) is 11.5 Å². The van der Waals surface area contributed by atoms with Crippen LogP contribution in [0.1, 0.15) is 19.4 Å². The maximum absolute atomic E-state index is 6.29. The van der Waals surface area contributed by atoms with E-state index >= 15 is 0 Å². The lowest BCUT2D eigenvalue weighted by atomic mass is 9.94. The topological polar surface area (TPSA) is 38.5 Å². The fraction of sp³-hybridized carbons (Fsp3) is 0.294. The Morgan fingerprint density at radius 2 is 1.68 bits per heavy atom. The van der Waals surface area contributed by atoms with Crippen molar-refractivity contribution in [3.63, 3.8) is 0 Å². The zero-order valence-corrected chi connectivity index (χ0v) is 14.7. The van der Waals surface area contributed by atoms with Crippen LogP contribution in [0.2, 0.25) is 10.0 Å². The summed E-state index contributed by atoms with van der Waals surface area (Å²) < 4.78 is 5.96. The number of nitrogens with two attached hydrogens (primary N) is 1. The van der Waals surface area contributed by atoms with Crippen molar-refractivity contribution in [1.82, 2.24) is 0 Å². The van der Waals surface area contributed by atoms with Crippen LogP contribution in [0.3, 0.4) is 0 Å². The van der Waals surface area contributed by atoms with Crippen LogP contribution < -0.4 is 15.4 Å². The molecule has 0 saturated carbocycles. The highest BCUT2D eigenvalue weighted by molar-refractivity contribution is 6.42. The van der Waals surface area contributed by atoms with E-state index in [1.165, 1.54) is 0 Å². The number of anilines is 1. The lowest BCUT2D eigenvalue weighted by molar-refractivity contribution is 0.449. The number of rotatable bonds is 4. The number of ether oxygens (including phenoxy) is 1. The molecule has 0 saturated heterocycles. The molecule has 0 unspecified atom stereocenters. The van der Waals surface area contributed by atoms with Gasteiger partial charge in [0.15, 0.2) is 0 Å². The lowest BCUT2D eigenvalue weighted by Gasteiger charge is -2.25. The van der Waals surface area contributed by atoms with Crippen LogP contribution in [0.5, 0.6) is 11.5 Å². The van der Waals surface area contributed by atoms with Crippen molar-refractivity contribution >= 4 is 28.9 Å². The highest BCUT2D eigenvalue weighted by atomic mass is 35.5. The average Bonchev–Trinajstić information content (AvgIpc) is 2.42. The van der Waals surface area contributed by atoms with Gasteiger partial charge in [0, 0.05) is 37.0 Å². The highest BCUT2D eigenvalue weighted by Crippen LogP contribution is 2.36. The first-order valence-electron chi connectivity index (χ1n) is 6.92. The number of halogens is 2. The average molecular weight is 339 g/mol. The van der Waals surface area contributed by atoms with Crippen LogP contribution >= 0.6 is 23.2 Å². The van der Waals surface area contributed by atoms with Crippen LogP contribution in [0.15, 0.2) is 36.4 Å². The third kappa shape index (κ3) is 3.86. The summed E-state index contributed by atoms with van der Waals surface area (Å²) in [7, 11) is 3.98. The summed E-state index contributed by atoms with van der Waals surface area (Å²) in [5.74, 6) is 1.33. The molecule has 2 aromatic carbocycles. The normalized spacial score (nSPS) is 11.4. The Bertz CT molecular complexity index is 679. The van der Waals surface area contributed by atoms with E-state index in [2.05, 4.69) is 0 Å². The molecule has 3 nitrogen and oxygen atoms in total. The summed E-state index contributed by atoms with van der Waals surface area (Å²) in [6.07, 6.45) is 0. The predicted octanol–water partition coefficient (Wildman–Crippen LogP) is 5.05. The largest absolute Gasteiger partial charge is 0.457 e. The Kier molecular flexibility index (Phi) is 4.90. The summed E-state index contributed by atoms with van der Waals surface area (Å²) in [6, 6.07) is 11.1. The van der Waals surface area contributed by atoms with Gasteiger partial charge in [0.05, 0.1) is 10.0 Å². The molecule has 0 aromatic heterocycles. The Morgan fingerprint density at radius 3 is 2.23 bits per heavy atom. The molecule has 2 N–H and O–H groups in total. The zero-order chi connectivity index (χ0) is 16.5. The highest BCUT2D eigenvalue weighted by Gasteiger charge is 2.21. The van der Waals surface area contributed by atoms with Gasteiger partial charge in [-0.3, -0.25) is 0 Å². The molecule has 118 valence electrons. The van der Waals surface area contributed by atoms with Crippen molar-refractivity contribution < 1.29 is 4.74 Å². The Labute approximate surface area is 141 Å². The summed E-state index contributed by atoms with van der Waals surface area (Å²) in [4.78, 5) is 2.03. The van der Waals surface area contributed by atoms with E-state index in [0.29, 0.717) is 21.5 Å². The lowest BCUT2D eigenvalue weighted by Crippen LogP contribution is -2.29. The molecule has 0 heterocycles. The standard InChI is InChI=1S/C17H20Cl2N2O/c1-17(2,20)13-9-11(21(3)4)5-8-16(13)22-12-6-7-14(18)15(19)10-12/h5-10H,20H2,1-4H3. The first-order chi connectivity index (χ1) is 10.2. The van der Waals surface area contributed by atoms with Gasteiger partial charge in [0.2, 0.25) is 0 Å². The van der Waals surface area contributed by atoms with Crippen LogP contribution in [0.4, 0.5) is 5.69 Å². The third-order valence-corrected chi connectivity index (χ3v) is 4.03. The van der Waals surface area contributed by atoms with E-state index < -0.39 is 5.54 Å². The second kappa shape index (κ2) is 6.37. The molecule has 0 aliphatic rings. The minimum absolute atomic E-state index is 0.456. The van der Waals surface area contributed by atoms with Crippen molar-refractivity contribution in [2.45, 2.75) is 19.4 Å². The van der Waals surface area contributed by atoms with E-state index in [0.717, 1.165) is 11.3 Å². The number of hydrogen-bond donors (Lipinski definition) is 1. The Hall–Kier alpha value is -1.42. The fourth-order valence-corrected chi connectivity index (χ4v) is 2.34. The second-order valence-corrected chi connectivity index (χ2v) is 6.79. The minimum atomic E-state index is -0.530. The van der Waals surface area contributed by atoms with Gasteiger partial charge < -0.3 is 15.4 Å². The van der Waals surface area contributed by atoms with Gasteiger partial charge >= 0.3 is 0 Å². The molecule has 0 aliphatic heterocycles. The monoisotopic (exact) mass is 338 g/mol. The van der Waals surface area contributed by atoms with Crippen molar-refractivity contribution in [2.24, 2.45) is 5.73 Å². The molecule has 0 radical (unpaired) electrons. The van der Waals surface area contributed by atoms with Crippen LogP contribution in [-0.4, -0.2) is 14.1 Å². The van der Waals surface area contributed by atoms with E-state index in [9.17, 15) is 0 Å². The summed E-state index contributed by atoms with van der Waals surface area (Å²) in [5.41, 5.74) is 7.74. The van der Waals surface area contributed by atoms with E-state index in [1.807, 2.05) is 51.0 Å². The molecule has 2 rings (SSSR count). The minimum Gasteiger partial charge on any atom is -0.457 e. The Balaban J connectivity index is 2.43. The molecular formula is C17H20Cl2N2O. The molecule has 2 aromatic rings. The molecule has 0 atom stereocenters. The summed E-state index contributed by atoms with van der Waals surface area (Å²) in [5, 5.41) is 0.953. The SMILES string of the molecule is CN(C)c1ccc(Oc2ccc(Cl)c(Cl)c2)c(C(C)(C)N)c1. The number of nitrogens with zero attached hydrogens (tertiary/aromatic N) is 1. The maximum atomic E-state index is 6.29. The van der Waals surface area contributed by atoms with Crippen LogP contribution in [0, 0.1) is 0 Å². The van der Waals surface area contributed by atoms with Crippen LogP contribution in [0.25, 0.3) is 0 Å². The third-order valence-electron chi connectivity index (χ3n) is 3.29. The number of hydrogen-bond acceptors (Lipinski definition) is 3. The Morgan fingerprint density at radius 1 is 1.00 bits per heavy atom. The van der Waals surface area contributed by atoms with Crippen molar-refractivity contribution in [3.05, 3.63) is 52.0 Å². The molecule has 0 aliphatic carbocycles. The number of benzene rings is 2. The molecule has 5 heteroatoms. The summed E-state index contributed by atoms with van der Waals surface area (Å²) in [6.45, 7) is 3.90. The van der Waals surface area contributed by atoms with E-state index in [1.54, 1.807) is 18.2 Å². The van der Waals surface area contributed by atoms with Gasteiger partial charge in [-0.05, 0) is 44.2 Å². The molecule has 0 spiro atoms. The predicted molar refractivity (Wildman–Crippen MR) is 94.5 cm³/mol. The molecular weight excluding hydrogens is 319 g/mol. The molecule has 0 amide bonds. The molecule has 0 fully saturated rings. The van der Waals surface area contributed by atoms with Gasteiger partial charge in [-0.1, -0.05) is 23.2 Å². The van der Waals surface area contributed by atoms with Gasteiger partial charge in [0.1, 0.15) is 11.5 Å². The fourth-order valence-electron chi connectivity index (χ4n) is 2.06. The maximum Gasteiger partial charge on any atom is 0.132 e. The summed E-state index contributed by atoms with van der Waals surface area (Å²) >= 11 is 12.0. The van der Waals surface area contributed by atoms with Gasteiger partial charge in [-0.2, -0.15) is 0 Å². The van der Waals surface area contributed by atoms with E-state index in [4.69, 9.17) is 33.7 Å². The van der Waals surface area contributed by atoms with Crippen molar-refractivity contribution in [2.75, 3.05) is 19.0 Å². The molecule has 0 bridgehead atoms. The first-order valence-corrected chi connectivity index (χ1v) is 7.67. The van der Waals surface area contributed by atoms with Gasteiger partial charge in [0.25, 0.3) is 0 Å². The molecule has 22 heavy (non-hydrogen) atoms. The zero-order valence-electron chi connectivity index (χ0n) is 13.2. The van der Waals surface area contributed by atoms with E-state index in [-0.39, 0.29) is 0 Å². The van der Waals surface area contributed by atoms with Crippen molar-refractivity contribution in [1.29, 1.82) is 0 Å². The van der Waals surface area contributed by atoms with Crippen LogP contribution in [-0.2, 0) is 5.54 Å². The first kappa shape index (κ1) is 16.9. The quantitative estimate of drug-likeness (QED) is 0.847. The van der Waals surface area contributed by atoms with Gasteiger partial charge in [-0.25, -0.2) is 0 Å². The smallest absolute Gasteiger partial charge is 0.132 e. The second-order valence-electron chi connectivity index (χ2n) is 5.97.